The van der Waals surface area contributed by atoms with Gasteiger partial charge < -0.3 is 10.0 Å². The molecule has 1 aliphatic carbocycles. The first kappa shape index (κ1) is 14.5. The molecule has 1 aromatic heterocycles. The van der Waals surface area contributed by atoms with Crippen molar-refractivity contribution < 1.29 is 14.7 Å². The number of hydrogen-bond donors (Lipinski definition) is 1. The fourth-order valence-electron chi connectivity index (χ4n) is 2.26. The maximum Gasteiger partial charge on any atom is 0.303 e. The summed E-state index contributed by atoms with van der Waals surface area (Å²) >= 11 is 0. The smallest absolute Gasteiger partial charge is 0.303 e. The summed E-state index contributed by atoms with van der Waals surface area (Å²) in [6, 6.07) is 5.97. The largest absolute Gasteiger partial charge is 0.481 e. The van der Waals surface area contributed by atoms with Gasteiger partial charge in [-0.2, -0.15) is 0 Å². The molecule has 1 saturated carbocycles. The molecule has 1 aliphatic rings. The Bertz CT molecular complexity index is 471. The van der Waals surface area contributed by atoms with Crippen LogP contribution in [0.3, 0.4) is 0 Å². The van der Waals surface area contributed by atoms with E-state index in [2.05, 4.69) is 4.98 Å². The van der Waals surface area contributed by atoms with Crippen LogP contribution in [0.2, 0.25) is 0 Å². The van der Waals surface area contributed by atoms with Gasteiger partial charge in [0.25, 0.3) is 0 Å². The second-order valence-electron chi connectivity index (χ2n) is 5.48. The van der Waals surface area contributed by atoms with Gasteiger partial charge in [0.15, 0.2) is 0 Å². The molecule has 108 valence electrons. The molecular formula is C15H20N2O3. The lowest BCUT2D eigenvalue weighted by Crippen LogP contribution is -2.34. The molecule has 5 heteroatoms. The van der Waals surface area contributed by atoms with E-state index in [9.17, 15) is 9.59 Å². The number of carbonyl (C=O) groups is 2. The second kappa shape index (κ2) is 6.50. The fraction of sp³-hybridized carbons (Fsp3) is 0.533. The number of carboxylic acid groups (broad SMARTS) is 1. The molecule has 1 unspecified atom stereocenters. The summed E-state index contributed by atoms with van der Waals surface area (Å²) in [7, 11) is 0. The minimum Gasteiger partial charge on any atom is -0.481 e. The molecule has 0 spiro atoms. The van der Waals surface area contributed by atoms with Crippen molar-refractivity contribution in [3.05, 3.63) is 30.1 Å². The number of aromatic nitrogens is 1. The van der Waals surface area contributed by atoms with Crippen LogP contribution in [0.5, 0.6) is 0 Å². The first-order valence-corrected chi connectivity index (χ1v) is 6.97. The van der Waals surface area contributed by atoms with Crippen molar-refractivity contribution in [2.75, 3.05) is 0 Å². The number of aliphatic carboxylic acids is 1. The number of hydrogen-bond acceptors (Lipinski definition) is 3. The Balaban J connectivity index is 1.94. The molecule has 0 aliphatic heterocycles. The monoisotopic (exact) mass is 276 g/mol. The molecular weight excluding hydrogens is 256 g/mol. The Morgan fingerprint density at radius 1 is 1.40 bits per heavy atom. The van der Waals surface area contributed by atoms with Crippen LogP contribution in [0.15, 0.2) is 24.4 Å². The molecule has 20 heavy (non-hydrogen) atoms. The third kappa shape index (κ3) is 4.33. The summed E-state index contributed by atoms with van der Waals surface area (Å²) < 4.78 is 0. The van der Waals surface area contributed by atoms with Gasteiger partial charge >= 0.3 is 5.97 Å². The Morgan fingerprint density at radius 2 is 2.15 bits per heavy atom. The summed E-state index contributed by atoms with van der Waals surface area (Å²) in [6.07, 6.45) is 4.11. The van der Waals surface area contributed by atoms with E-state index in [0.717, 1.165) is 18.5 Å². The van der Waals surface area contributed by atoms with Gasteiger partial charge in [0.1, 0.15) is 0 Å². The van der Waals surface area contributed by atoms with Crippen molar-refractivity contribution in [3.8, 4) is 0 Å². The van der Waals surface area contributed by atoms with Gasteiger partial charge in [-0.25, -0.2) is 0 Å². The maximum absolute atomic E-state index is 12.3. The first-order valence-electron chi connectivity index (χ1n) is 6.97. The van der Waals surface area contributed by atoms with Gasteiger partial charge in [-0.05, 0) is 30.9 Å². The van der Waals surface area contributed by atoms with Crippen LogP contribution >= 0.6 is 0 Å². The van der Waals surface area contributed by atoms with E-state index in [1.165, 1.54) is 0 Å². The van der Waals surface area contributed by atoms with E-state index < -0.39 is 5.97 Å². The molecule has 0 bridgehead atoms. The lowest BCUT2D eigenvalue weighted by atomic mass is 10.0. The zero-order chi connectivity index (χ0) is 14.5. The number of nitrogens with zero attached hydrogens (tertiary/aromatic N) is 2. The third-order valence-corrected chi connectivity index (χ3v) is 3.41. The predicted molar refractivity (Wildman–Crippen MR) is 73.8 cm³/mol. The standard InChI is InChI=1S/C15H20N2O3/c1-11(9-15(19)20)8-14(18)17(13-5-6-13)10-12-4-2-3-7-16-12/h2-4,7,11,13H,5-6,8-10H2,1H3,(H,19,20). The molecule has 5 nitrogen and oxygen atoms in total. The molecule has 1 N–H and O–H groups in total. The van der Waals surface area contributed by atoms with Crippen LogP contribution in [-0.4, -0.2) is 32.9 Å². The molecule has 1 aromatic rings. The Morgan fingerprint density at radius 3 is 2.70 bits per heavy atom. The van der Waals surface area contributed by atoms with Gasteiger partial charge in [0.2, 0.25) is 5.91 Å². The van der Waals surface area contributed by atoms with Gasteiger partial charge in [-0.15, -0.1) is 0 Å². The van der Waals surface area contributed by atoms with E-state index in [-0.39, 0.29) is 24.7 Å². The average Bonchev–Trinajstić information content (AvgIpc) is 3.20. The van der Waals surface area contributed by atoms with Crippen molar-refractivity contribution in [1.29, 1.82) is 0 Å². The number of pyridine rings is 1. The Labute approximate surface area is 118 Å². The number of carboxylic acids is 1. The van der Waals surface area contributed by atoms with Crippen molar-refractivity contribution in [3.63, 3.8) is 0 Å². The quantitative estimate of drug-likeness (QED) is 0.827. The van der Waals surface area contributed by atoms with E-state index >= 15 is 0 Å². The van der Waals surface area contributed by atoms with Crippen LogP contribution in [0.25, 0.3) is 0 Å². The second-order valence-corrected chi connectivity index (χ2v) is 5.48. The highest BCUT2D eigenvalue weighted by atomic mass is 16.4. The molecule has 0 aromatic carbocycles. The lowest BCUT2D eigenvalue weighted by molar-refractivity contribution is -0.138. The van der Waals surface area contributed by atoms with Crippen molar-refractivity contribution >= 4 is 11.9 Å². The summed E-state index contributed by atoms with van der Waals surface area (Å²) in [5.74, 6) is -0.954. The highest BCUT2D eigenvalue weighted by molar-refractivity contribution is 5.78. The summed E-state index contributed by atoms with van der Waals surface area (Å²) in [5.41, 5.74) is 0.874. The van der Waals surface area contributed by atoms with Crippen LogP contribution in [0.4, 0.5) is 0 Å². The van der Waals surface area contributed by atoms with Gasteiger partial charge in [-0.1, -0.05) is 13.0 Å². The summed E-state index contributed by atoms with van der Waals surface area (Å²) in [6.45, 7) is 2.32. The van der Waals surface area contributed by atoms with Crippen LogP contribution in [0.1, 0.15) is 38.3 Å². The van der Waals surface area contributed by atoms with Gasteiger partial charge in [-0.3, -0.25) is 14.6 Å². The van der Waals surface area contributed by atoms with E-state index in [1.54, 1.807) is 13.1 Å². The summed E-state index contributed by atoms with van der Waals surface area (Å²) in [5, 5.41) is 8.76. The van der Waals surface area contributed by atoms with E-state index in [4.69, 9.17) is 5.11 Å². The minimum atomic E-state index is -0.854. The SMILES string of the molecule is CC(CC(=O)O)CC(=O)N(Cc1ccccn1)C1CC1. The highest BCUT2D eigenvalue weighted by Crippen LogP contribution is 2.29. The molecule has 0 radical (unpaired) electrons. The zero-order valence-electron chi connectivity index (χ0n) is 11.7. The predicted octanol–water partition coefficient (Wildman–Crippen LogP) is 2.07. The van der Waals surface area contributed by atoms with Crippen molar-refractivity contribution in [2.24, 2.45) is 5.92 Å². The highest BCUT2D eigenvalue weighted by Gasteiger charge is 2.33. The fourth-order valence-corrected chi connectivity index (χ4v) is 2.26. The third-order valence-electron chi connectivity index (χ3n) is 3.41. The average molecular weight is 276 g/mol. The minimum absolute atomic E-state index is 0.0342. The lowest BCUT2D eigenvalue weighted by Gasteiger charge is -2.23. The van der Waals surface area contributed by atoms with Crippen LogP contribution < -0.4 is 0 Å². The topological polar surface area (TPSA) is 70.5 Å². The number of amides is 1. The number of carbonyl (C=O) groups excluding carboxylic acids is 1. The van der Waals surface area contributed by atoms with Crippen molar-refractivity contribution in [1.82, 2.24) is 9.88 Å². The molecule has 1 fully saturated rings. The molecule has 1 atom stereocenters. The molecule has 1 amide bonds. The Hall–Kier alpha value is -1.91. The van der Waals surface area contributed by atoms with E-state index in [1.807, 2.05) is 23.1 Å². The van der Waals surface area contributed by atoms with Crippen LogP contribution in [0, 0.1) is 5.92 Å². The number of rotatable bonds is 7. The molecule has 0 saturated heterocycles. The van der Waals surface area contributed by atoms with Gasteiger partial charge in [0, 0.05) is 25.1 Å². The molecule has 2 rings (SSSR count). The first-order chi connectivity index (χ1) is 9.56. The van der Waals surface area contributed by atoms with Gasteiger partial charge in [0.05, 0.1) is 12.2 Å². The zero-order valence-corrected chi connectivity index (χ0v) is 11.7. The molecule has 1 heterocycles. The maximum atomic E-state index is 12.3. The van der Waals surface area contributed by atoms with E-state index in [0.29, 0.717) is 12.6 Å². The van der Waals surface area contributed by atoms with Crippen LogP contribution in [-0.2, 0) is 16.1 Å². The normalized spacial score (nSPS) is 15.7. The van der Waals surface area contributed by atoms with Crippen molar-refractivity contribution in [2.45, 2.75) is 45.2 Å². The summed E-state index contributed by atoms with van der Waals surface area (Å²) in [4.78, 5) is 29.1. The Kier molecular flexibility index (Phi) is 4.71.